The van der Waals surface area contributed by atoms with Crippen molar-refractivity contribution in [3.05, 3.63) is 36.6 Å². The summed E-state index contributed by atoms with van der Waals surface area (Å²) in [5.41, 5.74) is 1.06. The number of hydrogen-bond donors (Lipinski definition) is 0. The van der Waals surface area contributed by atoms with Crippen LogP contribution in [0.1, 0.15) is 5.56 Å². The highest BCUT2D eigenvalue weighted by atomic mass is 31.1. The van der Waals surface area contributed by atoms with Gasteiger partial charge in [-0.15, -0.1) is 6.20 Å². The third kappa shape index (κ3) is 2.92. The lowest BCUT2D eigenvalue weighted by atomic mass is 10.3. The van der Waals surface area contributed by atoms with Gasteiger partial charge in [-0.2, -0.15) is 0 Å². The van der Waals surface area contributed by atoms with Gasteiger partial charge in [0.1, 0.15) is 0 Å². The van der Waals surface area contributed by atoms with Crippen LogP contribution in [0.25, 0.3) is 0 Å². The zero-order valence-corrected chi connectivity index (χ0v) is 8.54. The Bertz CT molecular complexity index is 336. The summed E-state index contributed by atoms with van der Waals surface area (Å²) in [5.74, 6) is 0.748. The van der Waals surface area contributed by atoms with Gasteiger partial charge in [0.05, 0.1) is 13.0 Å². The van der Waals surface area contributed by atoms with E-state index in [0.29, 0.717) is 0 Å². The molecule has 0 aliphatic heterocycles. The molecular weight excluding hydrogens is 179 g/mol. The van der Waals surface area contributed by atoms with E-state index in [4.69, 9.17) is 0 Å². The van der Waals surface area contributed by atoms with Gasteiger partial charge >= 0.3 is 0 Å². The Morgan fingerprint density at radius 1 is 1.77 bits per heavy atom. The normalized spacial score (nSPS) is 11.6. The molecule has 1 unspecified atom stereocenters. The van der Waals surface area contributed by atoms with Crippen molar-refractivity contribution in [3.63, 3.8) is 0 Å². The maximum Gasteiger partial charge on any atom is 0.0789 e. The van der Waals surface area contributed by atoms with Crippen molar-refractivity contribution >= 4 is 25.9 Å². The van der Waals surface area contributed by atoms with Crippen molar-refractivity contribution in [1.29, 1.82) is 0 Å². The minimum Gasteiger partial charge on any atom is -0.389 e. The average Bonchev–Trinajstić information content (AvgIpc) is 2.48. The molecule has 0 radical (unpaired) electrons. The third-order valence-electron chi connectivity index (χ3n) is 1.37. The fourth-order valence-corrected chi connectivity index (χ4v) is 1.58. The Kier molecular flexibility index (Phi) is 3.53. The average molecular weight is 191 g/mol. The fraction of sp³-hybridized carbons (Fsp3) is 0.100. The zero-order valence-electron chi connectivity index (χ0n) is 7.64. The lowest BCUT2D eigenvalue weighted by Gasteiger charge is -2.10. The largest absolute Gasteiger partial charge is 0.389 e. The highest BCUT2D eigenvalue weighted by Gasteiger charge is 1.88. The molecule has 0 amide bonds. The van der Waals surface area contributed by atoms with E-state index >= 15 is 0 Å². The Morgan fingerprint density at radius 2 is 2.54 bits per heavy atom. The molecule has 0 N–H and O–H groups in total. The molecule has 0 spiro atoms. The summed E-state index contributed by atoms with van der Waals surface area (Å²) in [6.45, 7) is 5.64. The van der Waals surface area contributed by atoms with E-state index in [1.165, 1.54) is 0 Å². The summed E-state index contributed by atoms with van der Waals surface area (Å²) in [6.07, 6.45) is 11.1. The van der Waals surface area contributed by atoms with E-state index in [2.05, 4.69) is 35.7 Å². The summed E-state index contributed by atoms with van der Waals surface area (Å²) >= 11 is 0. The van der Waals surface area contributed by atoms with Gasteiger partial charge in [-0.25, -0.2) is 0 Å². The minimum atomic E-state index is -0.297. The molecule has 1 aromatic heterocycles. The second-order valence-corrected chi connectivity index (χ2v) is 4.40. The molecule has 0 fully saturated rings. The maximum absolute atomic E-state index is 4.13. The molecule has 13 heavy (non-hydrogen) atoms. The molecule has 0 bridgehead atoms. The number of aliphatic imine (C=N–C) groups is 1. The van der Waals surface area contributed by atoms with Crippen LogP contribution >= 0.6 is 7.55 Å². The van der Waals surface area contributed by atoms with Crippen LogP contribution in [-0.2, 0) is 0 Å². The van der Waals surface area contributed by atoms with Crippen molar-refractivity contribution in [2.24, 2.45) is 4.99 Å². The van der Waals surface area contributed by atoms with Crippen LogP contribution in [0.4, 0.5) is 5.82 Å². The summed E-state index contributed by atoms with van der Waals surface area (Å²) in [7, 11) is -0.297. The Morgan fingerprint density at radius 3 is 3.15 bits per heavy atom. The van der Waals surface area contributed by atoms with E-state index in [0.717, 1.165) is 11.4 Å². The minimum absolute atomic E-state index is 0.297. The molecule has 0 saturated carbocycles. The Hall–Kier alpha value is -1.27. The number of aromatic nitrogens is 1. The molecule has 0 aromatic carbocycles. The highest BCUT2D eigenvalue weighted by Crippen LogP contribution is 2.29. The summed E-state index contributed by atoms with van der Waals surface area (Å²) in [6, 6.07) is 1.94. The zero-order chi connectivity index (χ0) is 9.68. The van der Waals surface area contributed by atoms with Gasteiger partial charge in [0, 0.05) is 6.21 Å². The maximum atomic E-state index is 4.13. The van der Waals surface area contributed by atoms with Gasteiger partial charge in [-0.05, 0) is 7.55 Å². The van der Waals surface area contributed by atoms with Crippen LogP contribution in [0.3, 0.4) is 0 Å². The number of nitrogens with zero attached hydrogens (tertiary/aromatic N) is 2. The van der Waals surface area contributed by atoms with Gasteiger partial charge in [0.2, 0.25) is 0 Å². The molecule has 1 rings (SSSR count). The topological polar surface area (TPSA) is 25.2 Å². The quantitative estimate of drug-likeness (QED) is 0.408. The lowest BCUT2D eigenvalue weighted by molar-refractivity contribution is 1.33. The first kappa shape index (κ1) is 9.82. The van der Waals surface area contributed by atoms with Crippen LogP contribution in [0.5, 0.6) is 0 Å². The van der Waals surface area contributed by atoms with Gasteiger partial charge in [-0.3, -0.25) is 11.6 Å². The predicted molar refractivity (Wildman–Crippen MR) is 61.5 cm³/mol. The van der Waals surface area contributed by atoms with Crippen molar-refractivity contribution in [3.8, 4) is 0 Å². The molecule has 3 heteroatoms. The summed E-state index contributed by atoms with van der Waals surface area (Å²) < 4.78 is 0. The van der Waals surface area contributed by atoms with E-state index in [9.17, 15) is 0 Å². The molecule has 2 nitrogen and oxygen atoms in total. The molecule has 0 saturated heterocycles. The highest BCUT2D eigenvalue weighted by molar-refractivity contribution is 7.57. The summed E-state index contributed by atoms with van der Waals surface area (Å²) in [5, 5.41) is 0. The molecular formula is C10H12N2P-. The molecule has 0 aliphatic rings. The standard InChI is InChI=1S/C10H12N2P/c1-4-6-11-10-9(5-7-12-10)8-13(2)3/h4-8H,1-2H2,3H3/q-1. The number of allylic oxidation sites excluding steroid dienone is 1. The lowest BCUT2D eigenvalue weighted by Crippen LogP contribution is -1.74. The van der Waals surface area contributed by atoms with Crippen molar-refractivity contribution in [2.75, 3.05) is 6.66 Å². The number of rotatable bonds is 4. The smallest absolute Gasteiger partial charge is 0.0789 e. The van der Waals surface area contributed by atoms with Crippen LogP contribution in [-0.4, -0.2) is 24.2 Å². The van der Waals surface area contributed by atoms with Gasteiger partial charge in [0.15, 0.2) is 0 Å². The fourth-order valence-electron chi connectivity index (χ4n) is 0.907. The molecule has 0 aliphatic carbocycles. The van der Waals surface area contributed by atoms with E-state index in [1.807, 2.05) is 6.07 Å². The van der Waals surface area contributed by atoms with Crippen LogP contribution in [0.15, 0.2) is 29.9 Å². The predicted octanol–water partition coefficient (Wildman–Crippen LogP) is 2.74. The molecule has 1 atom stereocenters. The first-order chi connectivity index (χ1) is 6.24. The molecule has 1 aromatic rings. The van der Waals surface area contributed by atoms with Crippen molar-refractivity contribution in [2.45, 2.75) is 0 Å². The second kappa shape index (κ2) is 4.68. The Labute approximate surface area is 79.8 Å². The van der Waals surface area contributed by atoms with E-state index in [1.54, 1.807) is 18.5 Å². The Balaban J connectivity index is 2.82. The summed E-state index contributed by atoms with van der Waals surface area (Å²) in [4.78, 5) is 8.25. The van der Waals surface area contributed by atoms with Crippen LogP contribution in [0, 0.1) is 6.16 Å². The second-order valence-electron chi connectivity index (χ2n) is 2.62. The molecule has 68 valence electrons. The van der Waals surface area contributed by atoms with Crippen molar-refractivity contribution < 1.29 is 0 Å². The van der Waals surface area contributed by atoms with Crippen molar-refractivity contribution in [1.82, 2.24) is 4.98 Å². The van der Waals surface area contributed by atoms with Gasteiger partial charge in [0.25, 0.3) is 0 Å². The first-order valence-corrected chi connectivity index (χ1v) is 5.93. The number of hydrogen-bond acceptors (Lipinski definition) is 2. The van der Waals surface area contributed by atoms with E-state index < -0.39 is 0 Å². The SMILES string of the molecule is C=CC=Nc1nc[cH-]c1[CH-][P+](=C)C. The monoisotopic (exact) mass is 191 g/mol. The van der Waals surface area contributed by atoms with E-state index in [-0.39, 0.29) is 7.55 Å². The molecule has 1 heterocycles. The van der Waals surface area contributed by atoms with Gasteiger partial charge < -0.3 is 9.98 Å². The van der Waals surface area contributed by atoms with Crippen LogP contribution < -0.4 is 0 Å². The van der Waals surface area contributed by atoms with Crippen LogP contribution in [0.2, 0.25) is 0 Å². The first-order valence-electron chi connectivity index (χ1n) is 3.89. The van der Waals surface area contributed by atoms with Gasteiger partial charge in [-0.1, -0.05) is 24.6 Å². The third-order valence-corrected chi connectivity index (χ3v) is 2.09.